The van der Waals surface area contributed by atoms with Crippen LogP contribution >= 0.6 is 0 Å². The van der Waals surface area contributed by atoms with Crippen molar-refractivity contribution in [3.63, 3.8) is 0 Å². The number of ketones is 4. The number of carbonyl (C=O) groups is 4. The molecule has 0 atom stereocenters. The molecule has 148 valence electrons. The lowest BCUT2D eigenvalue weighted by molar-refractivity contribution is -0.117. The quantitative estimate of drug-likeness (QED) is 0.721. The van der Waals surface area contributed by atoms with E-state index >= 15 is 0 Å². The van der Waals surface area contributed by atoms with Gasteiger partial charge < -0.3 is 0 Å². The number of rotatable bonds is 3. The average Bonchev–Trinajstić information content (AvgIpc) is 2.73. The molecule has 29 heavy (non-hydrogen) atoms. The molecule has 0 bridgehead atoms. The first kappa shape index (κ1) is 20.6. The first-order valence-corrected chi connectivity index (χ1v) is 9.59. The van der Waals surface area contributed by atoms with Crippen LogP contribution in [0.1, 0.15) is 53.0 Å². The Balaban J connectivity index is 2.35. The molecule has 0 amide bonds. The van der Waals surface area contributed by atoms with Crippen molar-refractivity contribution in [2.24, 2.45) is 0 Å². The number of benzene rings is 1. The summed E-state index contributed by atoms with van der Waals surface area (Å²) in [7, 11) is 0. The van der Waals surface area contributed by atoms with Crippen molar-refractivity contribution in [1.29, 1.82) is 0 Å². The fourth-order valence-electron chi connectivity index (χ4n) is 4.05. The van der Waals surface area contributed by atoms with E-state index in [0.29, 0.717) is 39.0 Å². The highest BCUT2D eigenvalue weighted by Crippen LogP contribution is 2.43. The predicted octanol–water partition coefficient (Wildman–Crippen LogP) is 4.38. The first-order chi connectivity index (χ1) is 13.6. The van der Waals surface area contributed by atoms with Crippen LogP contribution in [-0.2, 0) is 19.2 Å². The molecule has 2 aliphatic rings. The van der Waals surface area contributed by atoms with E-state index in [2.05, 4.69) is 0 Å². The van der Waals surface area contributed by atoms with Crippen LogP contribution < -0.4 is 0 Å². The summed E-state index contributed by atoms with van der Waals surface area (Å²) in [5.41, 5.74) is 3.55. The minimum atomic E-state index is -0.768. The standard InChI is InChI=1S/C25H24O4/c1-12-14(3)24(28)19(16(5)22(12)26)21(18-10-8-7-9-11-18)20-17(6)23(27)13(2)15(4)25(20)29/h7-11,21H,1-6H3. The van der Waals surface area contributed by atoms with E-state index in [-0.39, 0.29) is 34.3 Å². The van der Waals surface area contributed by atoms with Crippen molar-refractivity contribution in [1.82, 2.24) is 0 Å². The number of hydrogen-bond acceptors (Lipinski definition) is 4. The van der Waals surface area contributed by atoms with Gasteiger partial charge in [-0.2, -0.15) is 0 Å². The van der Waals surface area contributed by atoms with Gasteiger partial charge in [0.05, 0.1) is 0 Å². The second-order valence-electron chi connectivity index (χ2n) is 7.74. The molecule has 0 heterocycles. The van der Waals surface area contributed by atoms with Gasteiger partial charge in [0.2, 0.25) is 0 Å². The van der Waals surface area contributed by atoms with Gasteiger partial charge in [0, 0.05) is 50.5 Å². The number of carbonyl (C=O) groups excluding carboxylic acids is 4. The van der Waals surface area contributed by atoms with Gasteiger partial charge in [0.25, 0.3) is 0 Å². The summed E-state index contributed by atoms with van der Waals surface area (Å²) in [6.45, 7) is 9.80. The summed E-state index contributed by atoms with van der Waals surface area (Å²) in [5.74, 6) is -1.67. The molecule has 0 spiro atoms. The summed E-state index contributed by atoms with van der Waals surface area (Å²) in [6, 6.07) is 9.12. The zero-order valence-corrected chi connectivity index (χ0v) is 17.6. The SMILES string of the molecule is CC1=C(C)C(=O)C(C(C2=C(C)C(=O)C(C)=C(C)C2=O)c2ccccc2)=C(C)C1=O. The third-order valence-electron chi connectivity index (χ3n) is 6.18. The van der Waals surface area contributed by atoms with E-state index in [4.69, 9.17) is 0 Å². The van der Waals surface area contributed by atoms with Crippen molar-refractivity contribution in [3.05, 3.63) is 80.5 Å². The fraction of sp³-hybridized carbons (Fsp3) is 0.280. The molecule has 2 aliphatic carbocycles. The lowest BCUT2D eigenvalue weighted by atomic mass is 9.70. The van der Waals surface area contributed by atoms with E-state index < -0.39 is 5.92 Å². The normalized spacial score (nSPS) is 18.7. The molecule has 0 fully saturated rings. The van der Waals surface area contributed by atoms with E-state index in [1.54, 1.807) is 41.5 Å². The summed E-state index contributed by atoms with van der Waals surface area (Å²) >= 11 is 0. The Kier molecular flexibility index (Phi) is 5.22. The van der Waals surface area contributed by atoms with Crippen molar-refractivity contribution >= 4 is 23.1 Å². The maximum atomic E-state index is 13.3. The smallest absolute Gasteiger partial charge is 0.186 e. The summed E-state index contributed by atoms with van der Waals surface area (Å²) in [6.07, 6.45) is 0. The van der Waals surface area contributed by atoms with Crippen molar-refractivity contribution in [2.45, 2.75) is 47.5 Å². The van der Waals surface area contributed by atoms with Gasteiger partial charge in [0.1, 0.15) is 0 Å². The molecule has 3 rings (SSSR count). The molecule has 0 saturated carbocycles. The molecular formula is C25H24O4. The van der Waals surface area contributed by atoms with Gasteiger partial charge in [-0.1, -0.05) is 30.3 Å². The van der Waals surface area contributed by atoms with Crippen LogP contribution in [0.5, 0.6) is 0 Å². The second-order valence-corrected chi connectivity index (χ2v) is 7.74. The summed E-state index contributed by atoms with van der Waals surface area (Å²) in [4.78, 5) is 52.2. The molecular weight excluding hydrogens is 364 g/mol. The van der Waals surface area contributed by atoms with Gasteiger partial charge in [0.15, 0.2) is 23.1 Å². The number of allylic oxidation sites excluding steroid dienone is 8. The van der Waals surface area contributed by atoms with Crippen LogP contribution in [-0.4, -0.2) is 23.1 Å². The Morgan fingerprint density at radius 1 is 0.483 bits per heavy atom. The van der Waals surface area contributed by atoms with Crippen molar-refractivity contribution < 1.29 is 19.2 Å². The number of hydrogen-bond donors (Lipinski definition) is 0. The highest BCUT2D eigenvalue weighted by molar-refractivity contribution is 6.29. The minimum Gasteiger partial charge on any atom is -0.289 e. The molecule has 0 aromatic heterocycles. The Bertz CT molecular complexity index is 1030. The molecule has 0 radical (unpaired) electrons. The van der Waals surface area contributed by atoms with Crippen molar-refractivity contribution in [2.75, 3.05) is 0 Å². The third kappa shape index (κ3) is 3.09. The van der Waals surface area contributed by atoms with Crippen LogP contribution in [0.25, 0.3) is 0 Å². The van der Waals surface area contributed by atoms with Gasteiger partial charge in [-0.3, -0.25) is 19.2 Å². The molecule has 0 saturated heterocycles. The van der Waals surface area contributed by atoms with Crippen LogP contribution in [0, 0.1) is 0 Å². The number of Topliss-reactive ketones (excluding diaryl/α,β-unsaturated/α-hetero) is 4. The molecule has 4 nitrogen and oxygen atoms in total. The topological polar surface area (TPSA) is 68.3 Å². The predicted molar refractivity (Wildman–Crippen MR) is 111 cm³/mol. The van der Waals surface area contributed by atoms with Crippen molar-refractivity contribution in [3.8, 4) is 0 Å². The van der Waals surface area contributed by atoms with Crippen LogP contribution in [0.2, 0.25) is 0 Å². The zero-order valence-electron chi connectivity index (χ0n) is 17.6. The maximum Gasteiger partial charge on any atom is 0.186 e. The lowest BCUT2D eigenvalue weighted by Gasteiger charge is -2.30. The Hall–Kier alpha value is -3.14. The van der Waals surface area contributed by atoms with Crippen LogP contribution in [0.15, 0.2) is 74.9 Å². The lowest BCUT2D eigenvalue weighted by Crippen LogP contribution is -2.30. The van der Waals surface area contributed by atoms with Crippen LogP contribution in [0.3, 0.4) is 0 Å². The van der Waals surface area contributed by atoms with Crippen LogP contribution in [0.4, 0.5) is 0 Å². The second kappa shape index (κ2) is 7.36. The van der Waals surface area contributed by atoms with E-state index in [0.717, 1.165) is 0 Å². The van der Waals surface area contributed by atoms with Gasteiger partial charge >= 0.3 is 0 Å². The average molecular weight is 388 g/mol. The highest BCUT2D eigenvalue weighted by atomic mass is 16.1. The van der Waals surface area contributed by atoms with Gasteiger partial charge in [-0.25, -0.2) is 0 Å². The van der Waals surface area contributed by atoms with E-state index in [9.17, 15) is 19.2 Å². The maximum absolute atomic E-state index is 13.3. The summed E-state index contributed by atoms with van der Waals surface area (Å²) < 4.78 is 0. The molecule has 1 aromatic carbocycles. The largest absolute Gasteiger partial charge is 0.289 e. The van der Waals surface area contributed by atoms with E-state index in [1.165, 1.54) is 0 Å². The Morgan fingerprint density at radius 2 is 0.828 bits per heavy atom. The molecule has 1 aromatic rings. The summed E-state index contributed by atoms with van der Waals surface area (Å²) in [5, 5.41) is 0. The minimum absolute atomic E-state index is 0.200. The fourth-order valence-corrected chi connectivity index (χ4v) is 4.05. The van der Waals surface area contributed by atoms with Gasteiger partial charge in [-0.15, -0.1) is 0 Å². The zero-order chi connectivity index (χ0) is 21.6. The molecule has 0 N–H and O–H groups in total. The molecule has 0 unspecified atom stereocenters. The van der Waals surface area contributed by atoms with Gasteiger partial charge in [-0.05, 0) is 47.1 Å². The van der Waals surface area contributed by atoms with E-state index in [1.807, 2.05) is 30.3 Å². The highest BCUT2D eigenvalue weighted by Gasteiger charge is 2.40. The monoisotopic (exact) mass is 388 g/mol. The Morgan fingerprint density at radius 3 is 1.21 bits per heavy atom. The third-order valence-corrected chi connectivity index (χ3v) is 6.18. The molecule has 0 aliphatic heterocycles. The first-order valence-electron chi connectivity index (χ1n) is 9.59. The molecule has 4 heteroatoms. The Labute approximate surface area is 170 Å².